The van der Waals surface area contributed by atoms with Gasteiger partial charge < -0.3 is 14.5 Å². The van der Waals surface area contributed by atoms with Crippen LogP contribution in [0.25, 0.3) is 10.8 Å². The first-order valence-electron chi connectivity index (χ1n) is 11.8. The molecule has 5 rings (SSSR count). The minimum atomic E-state index is -0.329. The molecule has 0 radical (unpaired) electrons. The molecule has 0 aliphatic heterocycles. The first-order valence-corrected chi connectivity index (χ1v) is 11.8. The average molecular weight is 466 g/mol. The molecule has 0 spiro atoms. The molecule has 0 unspecified atom stereocenters. The third kappa shape index (κ3) is 5.44. The van der Waals surface area contributed by atoms with Crippen LogP contribution in [-0.4, -0.2) is 15.7 Å². The largest absolute Gasteiger partial charge is 0.486 e. The molecule has 5 aromatic rings. The maximum atomic E-state index is 12.7. The van der Waals surface area contributed by atoms with E-state index >= 15 is 0 Å². The van der Waals surface area contributed by atoms with E-state index in [9.17, 15) is 4.79 Å². The Morgan fingerprint density at radius 3 is 2.69 bits per heavy atom. The van der Waals surface area contributed by atoms with E-state index in [1.807, 2.05) is 41.2 Å². The topological polar surface area (TPSA) is 69.3 Å². The highest BCUT2D eigenvalue weighted by Gasteiger charge is 2.13. The summed E-state index contributed by atoms with van der Waals surface area (Å²) in [6.45, 7) is 3.02. The number of fused-ring (bicyclic) bond motifs is 1. The third-order valence-electron chi connectivity index (χ3n) is 5.83. The molecule has 0 bridgehead atoms. The van der Waals surface area contributed by atoms with Crippen LogP contribution in [0, 0.1) is 0 Å². The maximum Gasteiger partial charge on any atom is 0.291 e. The van der Waals surface area contributed by atoms with Gasteiger partial charge in [-0.3, -0.25) is 9.48 Å². The summed E-state index contributed by atoms with van der Waals surface area (Å²) in [5.74, 6) is 1.25. The van der Waals surface area contributed by atoms with Crippen molar-refractivity contribution in [2.24, 2.45) is 0 Å². The standard InChI is InChI=1S/C29H27N3O3/c1-2-6-21-11-13-25(14-12-21)34-20-26-15-16-28(35-26)29(33)31-24-17-30-32(19-24)18-23-9-5-8-22-7-3-4-10-27(22)23/h3-5,7-17,19H,2,6,18,20H2,1H3,(H,31,33). The Balaban J connectivity index is 1.18. The van der Waals surface area contributed by atoms with E-state index < -0.39 is 0 Å². The molecule has 1 N–H and O–H groups in total. The van der Waals surface area contributed by atoms with Crippen LogP contribution in [-0.2, 0) is 19.6 Å². The van der Waals surface area contributed by atoms with Gasteiger partial charge in [0.1, 0.15) is 18.1 Å². The molecule has 0 fully saturated rings. The number of carbonyl (C=O) groups excluding carboxylic acids is 1. The number of rotatable bonds is 9. The van der Waals surface area contributed by atoms with E-state index in [0.29, 0.717) is 18.0 Å². The number of nitrogens with one attached hydrogen (secondary N) is 1. The van der Waals surface area contributed by atoms with E-state index in [1.165, 1.54) is 21.9 Å². The van der Waals surface area contributed by atoms with Gasteiger partial charge in [-0.05, 0) is 52.6 Å². The zero-order valence-corrected chi connectivity index (χ0v) is 19.6. The Kier molecular flexibility index (Phi) is 6.61. The SMILES string of the molecule is CCCc1ccc(OCc2ccc(C(=O)Nc3cnn(Cc4cccc5ccccc45)c3)o2)cc1. The molecular formula is C29H27N3O3. The van der Waals surface area contributed by atoms with E-state index in [4.69, 9.17) is 9.15 Å². The van der Waals surface area contributed by atoms with Crippen LogP contribution in [0.1, 0.15) is 40.8 Å². The predicted octanol–water partition coefficient (Wildman–Crippen LogP) is 6.46. The first kappa shape index (κ1) is 22.5. The van der Waals surface area contributed by atoms with E-state index in [2.05, 4.69) is 53.7 Å². The Labute approximate surface area is 204 Å². The summed E-state index contributed by atoms with van der Waals surface area (Å²) in [4.78, 5) is 12.7. The number of anilines is 1. The number of aromatic nitrogens is 2. The van der Waals surface area contributed by atoms with Crippen LogP contribution in [0.4, 0.5) is 5.69 Å². The van der Waals surface area contributed by atoms with Gasteiger partial charge in [-0.1, -0.05) is 67.9 Å². The second-order valence-electron chi connectivity index (χ2n) is 8.47. The number of hydrogen-bond donors (Lipinski definition) is 1. The number of furan rings is 1. The number of benzene rings is 3. The number of hydrogen-bond acceptors (Lipinski definition) is 4. The number of nitrogens with zero attached hydrogens (tertiary/aromatic N) is 2. The molecular weight excluding hydrogens is 438 g/mol. The number of ether oxygens (including phenoxy) is 1. The summed E-state index contributed by atoms with van der Waals surface area (Å²) < 4.78 is 13.3. The molecule has 2 heterocycles. The summed E-state index contributed by atoms with van der Waals surface area (Å²) in [6.07, 6.45) is 5.62. The van der Waals surface area contributed by atoms with Crippen LogP contribution >= 0.6 is 0 Å². The summed E-state index contributed by atoms with van der Waals surface area (Å²) in [5.41, 5.74) is 3.06. The van der Waals surface area contributed by atoms with Crippen LogP contribution in [0.3, 0.4) is 0 Å². The second-order valence-corrected chi connectivity index (χ2v) is 8.47. The fourth-order valence-electron chi connectivity index (χ4n) is 4.09. The molecule has 2 aromatic heterocycles. The first-order chi connectivity index (χ1) is 17.2. The minimum absolute atomic E-state index is 0.226. The van der Waals surface area contributed by atoms with Gasteiger partial charge in [0.2, 0.25) is 0 Å². The van der Waals surface area contributed by atoms with Gasteiger partial charge in [0.05, 0.1) is 18.4 Å². The lowest BCUT2D eigenvalue weighted by Crippen LogP contribution is -2.10. The molecule has 176 valence electrons. The van der Waals surface area contributed by atoms with Crippen molar-refractivity contribution in [3.05, 3.63) is 114 Å². The quantitative estimate of drug-likeness (QED) is 0.271. The molecule has 0 aliphatic carbocycles. The summed E-state index contributed by atoms with van der Waals surface area (Å²) in [7, 11) is 0. The number of amides is 1. The van der Waals surface area contributed by atoms with Crippen molar-refractivity contribution >= 4 is 22.4 Å². The third-order valence-corrected chi connectivity index (χ3v) is 5.83. The fourth-order valence-corrected chi connectivity index (χ4v) is 4.09. The molecule has 6 heteroatoms. The summed E-state index contributed by atoms with van der Waals surface area (Å²) in [5, 5.41) is 9.64. The lowest BCUT2D eigenvalue weighted by Gasteiger charge is -2.06. The summed E-state index contributed by atoms with van der Waals surface area (Å²) in [6, 6.07) is 26.0. The molecule has 35 heavy (non-hydrogen) atoms. The van der Waals surface area contributed by atoms with Gasteiger partial charge in [-0.25, -0.2) is 0 Å². The van der Waals surface area contributed by atoms with Crippen molar-refractivity contribution in [3.63, 3.8) is 0 Å². The van der Waals surface area contributed by atoms with Gasteiger partial charge >= 0.3 is 0 Å². The van der Waals surface area contributed by atoms with Crippen LogP contribution in [0.2, 0.25) is 0 Å². The van der Waals surface area contributed by atoms with Gasteiger partial charge in [-0.15, -0.1) is 0 Å². The Morgan fingerprint density at radius 1 is 1.00 bits per heavy atom. The Morgan fingerprint density at radius 2 is 1.83 bits per heavy atom. The molecule has 0 saturated heterocycles. The number of carbonyl (C=O) groups is 1. The smallest absolute Gasteiger partial charge is 0.291 e. The Bertz CT molecular complexity index is 1430. The van der Waals surface area contributed by atoms with Crippen molar-refractivity contribution in [2.45, 2.75) is 32.9 Å². The van der Waals surface area contributed by atoms with E-state index in [0.717, 1.165) is 18.6 Å². The van der Waals surface area contributed by atoms with Crippen molar-refractivity contribution in [2.75, 3.05) is 5.32 Å². The lowest BCUT2D eigenvalue weighted by atomic mass is 10.0. The van der Waals surface area contributed by atoms with Crippen molar-refractivity contribution in [3.8, 4) is 5.75 Å². The molecule has 0 saturated carbocycles. The minimum Gasteiger partial charge on any atom is -0.486 e. The average Bonchev–Trinajstić information content (AvgIpc) is 3.54. The lowest BCUT2D eigenvalue weighted by molar-refractivity contribution is 0.0992. The van der Waals surface area contributed by atoms with Gasteiger partial charge in [-0.2, -0.15) is 5.10 Å². The highest BCUT2D eigenvalue weighted by molar-refractivity contribution is 6.02. The van der Waals surface area contributed by atoms with Gasteiger partial charge in [0, 0.05) is 6.20 Å². The predicted molar refractivity (Wildman–Crippen MR) is 137 cm³/mol. The van der Waals surface area contributed by atoms with E-state index in [1.54, 1.807) is 18.3 Å². The van der Waals surface area contributed by atoms with Crippen LogP contribution < -0.4 is 10.1 Å². The summed E-state index contributed by atoms with van der Waals surface area (Å²) >= 11 is 0. The van der Waals surface area contributed by atoms with Crippen molar-refractivity contribution in [1.29, 1.82) is 0 Å². The monoisotopic (exact) mass is 465 g/mol. The molecule has 3 aromatic carbocycles. The van der Waals surface area contributed by atoms with Crippen LogP contribution in [0.5, 0.6) is 5.75 Å². The molecule has 0 aliphatic rings. The van der Waals surface area contributed by atoms with Crippen LogP contribution in [0.15, 0.2) is 95.7 Å². The molecule has 0 atom stereocenters. The van der Waals surface area contributed by atoms with Gasteiger partial charge in [0.15, 0.2) is 5.76 Å². The van der Waals surface area contributed by atoms with Crippen molar-refractivity contribution < 1.29 is 13.9 Å². The van der Waals surface area contributed by atoms with E-state index in [-0.39, 0.29) is 18.3 Å². The highest BCUT2D eigenvalue weighted by atomic mass is 16.5. The van der Waals surface area contributed by atoms with Crippen molar-refractivity contribution in [1.82, 2.24) is 9.78 Å². The maximum absolute atomic E-state index is 12.7. The highest BCUT2D eigenvalue weighted by Crippen LogP contribution is 2.20. The second kappa shape index (κ2) is 10.3. The van der Waals surface area contributed by atoms with Gasteiger partial charge in [0.25, 0.3) is 5.91 Å². The fraction of sp³-hybridized carbons (Fsp3) is 0.172. The Hall–Kier alpha value is -4.32. The zero-order valence-electron chi connectivity index (χ0n) is 19.6. The zero-order chi connectivity index (χ0) is 24.0. The number of aryl methyl sites for hydroxylation is 1. The molecule has 1 amide bonds. The normalized spacial score (nSPS) is 11.0. The molecule has 6 nitrogen and oxygen atoms in total.